The average Bonchev–Trinajstić information content (AvgIpc) is 3.40. The highest BCUT2D eigenvalue weighted by Crippen LogP contribution is 2.26. The molecule has 120 valence electrons. The normalized spacial score (nSPS) is 18.1. The number of para-hydroxylation sites is 1. The molecule has 0 unspecified atom stereocenters. The van der Waals surface area contributed by atoms with Crippen LogP contribution in [0.3, 0.4) is 0 Å². The van der Waals surface area contributed by atoms with E-state index in [1.54, 1.807) is 12.4 Å². The van der Waals surface area contributed by atoms with E-state index >= 15 is 0 Å². The van der Waals surface area contributed by atoms with E-state index in [1.807, 2.05) is 18.2 Å². The number of benzene rings is 1. The number of anilines is 3. The number of nitrogens with zero attached hydrogens (tertiary/aromatic N) is 4. The van der Waals surface area contributed by atoms with Gasteiger partial charge in [0.2, 0.25) is 0 Å². The molecule has 4 rings (SSSR count). The molecule has 0 amide bonds. The van der Waals surface area contributed by atoms with Crippen molar-refractivity contribution in [2.24, 2.45) is 0 Å². The third-order valence-electron chi connectivity index (χ3n) is 4.38. The second kappa shape index (κ2) is 6.02. The molecule has 5 nitrogen and oxygen atoms in total. The number of hydrogen-bond donors (Lipinski definition) is 1. The summed E-state index contributed by atoms with van der Waals surface area (Å²) < 4.78 is 13.9. The molecule has 2 aliphatic rings. The van der Waals surface area contributed by atoms with Gasteiger partial charge in [0.1, 0.15) is 23.8 Å². The molecule has 1 aromatic heterocycles. The summed E-state index contributed by atoms with van der Waals surface area (Å²) in [5, 5.41) is 3.40. The van der Waals surface area contributed by atoms with Crippen molar-refractivity contribution in [3.05, 3.63) is 42.5 Å². The van der Waals surface area contributed by atoms with Crippen LogP contribution in [0.5, 0.6) is 0 Å². The highest BCUT2D eigenvalue weighted by Gasteiger charge is 2.23. The van der Waals surface area contributed by atoms with Crippen LogP contribution in [0.15, 0.2) is 36.7 Å². The van der Waals surface area contributed by atoms with Crippen molar-refractivity contribution in [2.75, 3.05) is 41.3 Å². The molecular formula is C17H20FN5. The molecule has 1 saturated carbocycles. The fourth-order valence-corrected chi connectivity index (χ4v) is 2.92. The molecular weight excluding hydrogens is 293 g/mol. The zero-order chi connectivity index (χ0) is 15.6. The molecule has 0 spiro atoms. The Kier molecular flexibility index (Phi) is 3.73. The van der Waals surface area contributed by atoms with Crippen LogP contribution in [0.2, 0.25) is 0 Å². The maximum absolute atomic E-state index is 13.9. The maximum atomic E-state index is 13.9. The first-order valence-corrected chi connectivity index (χ1v) is 8.12. The van der Waals surface area contributed by atoms with Gasteiger partial charge in [-0.25, -0.2) is 14.4 Å². The van der Waals surface area contributed by atoms with Gasteiger partial charge in [-0.1, -0.05) is 12.1 Å². The summed E-state index contributed by atoms with van der Waals surface area (Å²) in [4.78, 5) is 13.0. The van der Waals surface area contributed by atoms with Crippen LogP contribution in [-0.2, 0) is 0 Å². The summed E-state index contributed by atoms with van der Waals surface area (Å²) in [6, 6.07) is 9.55. The second-order valence-electron chi connectivity index (χ2n) is 6.11. The van der Waals surface area contributed by atoms with Crippen LogP contribution >= 0.6 is 0 Å². The monoisotopic (exact) mass is 313 g/mol. The highest BCUT2D eigenvalue weighted by molar-refractivity contribution is 5.53. The first-order chi connectivity index (χ1) is 11.3. The van der Waals surface area contributed by atoms with E-state index in [2.05, 4.69) is 25.1 Å². The fourth-order valence-electron chi connectivity index (χ4n) is 2.92. The molecule has 1 aliphatic carbocycles. The summed E-state index contributed by atoms with van der Waals surface area (Å²) >= 11 is 0. The van der Waals surface area contributed by atoms with Crippen molar-refractivity contribution in [2.45, 2.75) is 18.9 Å². The molecule has 1 aliphatic heterocycles. The molecule has 2 aromatic rings. The van der Waals surface area contributed by atoms with Gasteiger partial charge in [0.05, 0.1) is 5.69 Å². The van der Waals surface area contributed by atoms with Crippen molar-refractivity contribution in [1.29, 1.82) is 0 Å². The smallest absolute Gasteiger partial charge is 0.146 e. The topological polar surface area (TPSA) is 44.3 Å². The number of aromatic nitrogens is 2. The molecule has 1 aromatic carbocycles. The standard InChI is InChI=1S/C17H20FN5/c18-14-3-1-2-4-15(14)22-7-9-23(10-8-22)17-11-16(19-12-20-17)21-13-5-6-13/h1-4,11-13H,5-10H2,(H,19,20,21). The van der Waals surface area contributed by atoms with Crippen molar-refractivity contribution in [3.8, 4) is 0 Å². The van der Waals surface area contributed by atoms with Crippen LogP contribution < -0.4 is 15.1 Å². The van der Waals surface area contributed by atoms with Crippen molar-refractivity contribution >= 4 is 17.3 Å². The number of piperazine rings is 1. The van der Waals surface area contributed by atoms with Gasteiger partial charge >= 0.3 is 0 Å². The lowest BCUT2D eigenvalue weighted by Crippen LogP contribution is -2.47. The molecule has 1 N–H and O–H groups in total. The van der Waals surface area contributed by atoms with E-state index in [1.165, 1.54) is 18.9 Å². The minimum atomic E-state index is -0.154. The molecule has 0 radical (unpaired) electrons. The summed E-state index contributed by atoms with van der Waals surface area (Å²) in [7, 11) is 0. The Bertz CT molecular complexity index is 680. The van der Waals surface area contributed by atoms with E-state index in [-0.39, 0.29) is 5.82 Å². The van der Waals surface area contributed by atoms with Gasteiger partial charge < -0.3 is 15.1 Å². The molecule has 0 bridgehead atoms. The summed E-state index contributed by atoms with van der Waals surface area (Å²) in [6.07, 6.45) is 4.06. The molecule has 2 fully saturated rings. The molecule has 0 atom stereocenters. The van der Waals surface area contributed by atoms with Gasteiger partial charge in [-0.2, -0.15) is 0 Å². The lowest BCUT2D eigenvalue weighted by molar-refractivity contribution is 0.596. The molecule has 23 heavy (non-hydrogen) atoms. The van der Waals surface area contributed by atoms with Crippen molar-refractivity contribution in [3.63, 3.8) is 0 Å². The zero-order valence-corrected chi connectivity index (χ0v) is 13.0. The number of rotatable bonds is 4. The Hall–Kier alpha value is -2.37. The van der Waals surface area contributed by atoms with E-state index in [0.29, 0.717) is 11.7 Å². The minimum Gasteiger partial charge on any atom is -0.367 e. The lowest BCUT2D eigenvalue weighted by atomic mass is 10.2. The Morgan fingerprint density at radius 2 is 1.74 bits per heavy atom. The van der Waals surface area contributed by atoms with Crippen LogP contribution in [-0.4, -0.2) is 42.2 Å². The number of halogens is 1. The third kappa shape index (κ3) is 3.21. The van der Waals surface area contributed by atoms with Crippen molar-refractivity contribution in [1.82, 2.24) is 9.97 Å². The van der Waals surface area contributed by atoms with Gasteiger partial charge in [0, 0.05) is 38.3 Å². The van der Waals surface area contributed by atoms with Crippen LogP contribution in [0.1, 0.15) is 12.8 Å². The summed E-state index contributed by atoms with van der Waals surface area (Å²) in [5.74, 6) is 1.68. The quantitative estimate of drug-likeness (QED) is 0.939. The number of hydrogen-bond acceptors (Lipinski definition) is 5. The SMILES string of the molecule is Fc1ccccc1N1CCN(c2cc(NC3CC3)ncn2)CC1. The zero-order valence-electron chi connectivity index (χ0n) is 13.0. The summed E-state index contributed by atoms with van der Waals surface area (Å²) in [6.45, 7) is 3.23. The second-order valence-corrected chi connectivity index (χ2v) is 6.11. The largest absolute Gasteiger partial charge is 0.367 e. The number of nitrogens with one attached hydrogen (secondary N) is 1. The maximum Gasteiger partial charge on any atom is 0.146 e. The Morgan fingerprint density at radius 1 is 1.00 bits per heavy atom. The van der Waals surface area contributed by atoms with E-state index < -0.39 is 0 Å². The first kappa shape index (κ1) is 14.2. The van der Waals surface area contributed by atoms with Crippen molar-refractivity contribution < 1.29 is 4.39 Å². The third-order valence-corrected chi connectivity index (χ3v) is 4.38. The lowest BCUT2D eigenvalue weighted by Gasteiger charge is -2.36. The van der Waals surface area contributed by atoms with Crippen LogP contribution in [0.25, 0.3) is 0 Å². The van der Waals surface area contributed by atoms with E-state index in [9.17, 15) is 4.39 Å². The van der Waals surface area contributed by atoms with E-state index in [0.717, 1.165) is 37.8 Å². The van der Waals surface area contributed by atoms with Gasteiger partial charge in [-0.3, -0.25) is 0 Å². The Morgan fingerprint density at radius 3 is 2.48 bits per heavy atom. The van der Waals surface area contributed by atoms with Crippen LogP contribution in [0, 0.1) is 5.82 Å². The first-order valence-electron chi connectivity index (χ1n) is 8.12. The molecule has 2 heterocycles. The van der Waals surface area contributed by atoms with Gasteiger partial charge in [0.15, 0.2) is 0 Å². The Labute approximate surface area is 135 Å². The van der Waals surface area contributed by atoms with Gasteiger partial charge in [-0.05, 0) is 25.0 Å². The van der Waals surface area contributed by atoms with Gasteiger partial charge in [-0.15, -0.1) is 0 Å². The average molecular weight is 313 g/mol. The molecule has 1 saturated heterocycles. The minimum absolute atomic E-state index is 0.154. The highest BCUT2D eigenvalue weighted by atomic mass is 19.1. The summed E-state index contributed by atoms with van der Waals surface area (Å²) in [5.41, 5.74) is 0.686. The van der Waals surface area contributed by atoms with Gasteiger partial charge in [0.25, 0.3) is 0 Å². The predicted octanol–water partition coefficient (Wildman–Crippen LogP) is 2.52. The van der Waals surface area contributed by atoms with Crippen LogP contribution in [0.4, 0.5) is 21.7 Å². The fraction of sp³-hybridized carbons (Fsp3) is 0.412. The molecule has 6 heteroatoms. The Balaban J connectivity index is 1.42. The van der Waals surface area contributed by atoms with E-state index in [4.69, 9.17) is 0 Å². The predicted molar refractivity (Wildman–Crippen MR) is 89.5 cm³/mol.